The fourth-order valence-electron chi connectivity index (χ4n) is 9.99. The van der Waals surface area contributed by atoms with E-state index in [9.17, 15) is 19.2 Å². The largest absolute Gasteiger partial charge is 0.361 e. The first-order valence-electron chi connectivity index (χ1n) is 22.3. The summed E-state index contributed by atoms with van der Waals surface area (Å²) in [7, 11) is 0. The summed E-state index contributed by atoms with van der Waals surface area (Å²) < 4.78 is 1.90. The standard InChI is InChI=1S/C52H50N6O6/c59-49-31-37(23-29-55-25-19-35(20-26-55)43-33-53-45-13-5-1-11-41(43)45)39-9-3-7-15-47(39)57(49)63-51(61)17-18-52(62)64-58-48-16-8-4-10-40(48)38(32-50(58)60)24-30-56-27-21-36(22-28-56)44-34-54-46-14-6-2-12-42(44)46/h1-18,31-36,53-54H,19-30H2/b18-17-. The second kappa shape index (κ2) is 18.0. The number of fused-ring (bicyclic) bond motifs is 4. The summed E-state index contributed by atoms with van der Waals surface area (Å²) in [5, 5.41) is 4.19. The number of nitrogens with zero attached hydrogens (tertiary/aromatic N) is 4. The van der Waals surface area contributed by atoms with Crippen molar-refractivity contribution in [1.29, 1.82) is 0 Å². The van der Waals surface area contributed by atoms with Crippen molar-refractivity contribution in [3.8, 4) is 0 Å². The van der Waals surface area contributed by atoms with Gasteiger partial charge >= 0.3 is 11.9 Å². The van der Waals surface area contributed by atoms with E-state index in [1.807, 2.05) is 24.3 Å². The van der Waals surface area contributed by atoms with E-state index < -0.39 is 23.1 Å². The zero-order valence-corrected chi connectivity index (χ0v) is 35.6. The van der Waals surface area contributed by atoms with E-state index >= 15 is 0 Å². The predicted molar refractivity (Wildman–Crippen MR) is 250 cm³/mol. The van der Waals surface area contributed by atoms with Gasteiger partial charge in [0.1, 0.15) is 0 Å². The molecule has 2 aliphatic heterocycles. The topological polar surface area (TPSA) is 135 Å². The minimum Gasteiger partial charge on any atom is -0.361 e. The van der Waals surface area contributed by atoms with Gasteiger partial charge in [0.2, 0.25) is 0 Å². The van der Waals surface area contributed by atoms with Crippen LogP contribution < -0.4 is 20.8 Å². The molecule has 64 heavy (non-hydrogen) atoms. The lowest BCUT2D eigenvalue weighted by Gasteiger charge is -2.32. The van der Waals surface area contributed by atoms with Crippen LogP contribution in [-0.2, 0) is 22.4 Å². The molecule has 12 nitrogen and oxygen atoms in total. The van der Waals surface area contributed by atoms with Gasteiger partial charge in [-0.3, -0.25) is 9.59 Å². The molecule has 0 unspecified atom stereocenters. The Balaban J connectivity index is 0.749. The number of carbonyl (C=O) groups excluding carboxylic acids is 2. The summed E-state index contributed by atoms with van der Waals surface area (Å²) in [6, 6.07) is 34.5. The van der Waals surface area contributed by atoms with Crippen LogP contribution in [-0.4, -0.2) is 80.4 Å². The lowest BCUT2D eigenvalue weighted by Crippen LogP contribution is -2.35. The molecule has 2 N–H and O–H groups in total. The number of aromatic nitrogens is 4. The van der Waals surface area contributed by atoms with Crippen molar-refractivity contribution in [3.63, 3.8) is 0 Å². The molecule has 8 aromatic rings. The highest BCUT2D eigenvalue weighted by Crippen LogP contribution is 2.35. The number of H-pyrrole nitrogens is 2. The SMILES string of the molecule is O=C(/C=C\C(=O)On1c(=O)cc(CCN2CCC(c3c[nH]c4ccccc34)CC2)c2ccccc21)On1c(=O)cc(CCN2CCC(c3c[nH]c4ccccc34)CC2)c2ccccc21. The summed E-state index contributed by atoms with van der Waals surface area (Å²) in [5.74, 6) is -0.894. The molecular weight excluding hydrogens is 805 g/mol. The summed E-state index contributed by atoms with van der Waals surface area (Å²) >= 11 is 0. The Labute approximate surface area is 369 Å². The zero-order valence-electron chi connectivity index (χ0n) is 35.6. The number of benzene rings is 4. The molecule has 324 valence electrons. The number of carbonyl (C=O) groups is 2. The van der Waals surface area contributed by atoms with Crippen LogP contribution in [0.1, 0.15) is 59.8 Å². The Morgan fingerprint density at radius 1 is 0.531 bits per heavy atom. The van der Waals surface area contributed by atoms with E-state index in [-0.39, 0.29) is 0 Å². The highest BCUT2D eigenvalue weighted by molar-refractivity contribution is 5.93. The number of rotatable bonds is 12. The van der Waals surface area contributed by atoms with Crippen LogP contribution in [0.3, 0.4) is 0 Å². The second-order valence-corrected chi connectivity index (χ2v) is 17.1. The molecule has 0 spiro atoms. The van der Waals surface area contributed by atoms with Gasteiger partial charge in [0.05, 0.1) is 11.0 Å². The van der Waals surface area contributed by atoms with Gasteiger partial charge < -0.3 is 29.4 Å². The van der Waals surface area contributed by atoms with Crippen LogP contribution >= 0.6 is 0 Å². The van der Waals surface area contributed by atoms with Crippen LogP contribution in [0.4, 0.5) is 0 Å². The highest BCUT2D eigenvalue weighted by atomic mass is 16.7. The van der Waals surface area contributed by atoms with Crippen LogP contribution in [0.15, 0.2) is 143 Å². The molecule has 12 heteroatoms. The first kappa shape index (κ1) is 41.0. The van der Waals surface area contributed by atoms with Gasteiger partial charge in [-0.05, 0) is 123 Å². The molecule has 4 aromatic carbocycles. The number of likely N-dealkylation sites (tertiary alicyclic amines) is 2. The van der Waals surface area contributed by atoms with E-state index in [1.54, 1.807) is 24.3 Å². The third-order valence-corrected chi connectivity index (χ3v) is 13.3. The number of aromatic amines is 2. The van der Waals surface area contributed by atoms with Crippen molar-refractivity contribution in [3.05, 3.63) is 177 Å². The minimum atomic E-state index is -0.951. The first-order chi connectivity index (χ1) is 31.4. The molecule has 2 fully saturated rings. The third kappa shape index (κ3) is 8.41. The fraction of sp³-hybridized carbons (Fsp3) is 0.269. The quantitative estimate of drug-likeness (QED) is 0.123. The van der Waals surface area contributed by atoms with Gasteiger partial charge in [-0.2, -0.15) is 0 Å². The van der Waals surface area contributed by atoms with Crippen molar-refractivity contribution >= 4 is 55.6 Å². The Morgan fingerprint density at radius 2 is 0.906 bits per heavy atom. The fourth-order valence-corrected chi connectivity index (χ4v) is 9.99. The molecule has 0 amide bonds. The smallest absolute Gasteiger partial charge is 0.356 e. The van der Waals surface area contributed by atoms with E-state index in [2.05, 4.69) is 80.7 Å². The van der Waals surface area contributed by atoms with Gasteiger partial charge in [0, 0.05) is 82.3 Å². The predicted octanol–water partition coefficient (Wildman–Crippen LogP) is 7.29. The summed E-state index contributed by atoms with van der Waals surface area (Å²) in [6.07, 6.45) is 11.7. The van der Waals surface area contributed by atoms with E-state index in [1.165, 1.54) is 45.1 Å². The monoisotopic (exact) mass is 854 g/mol. The van der Waals surface area contributed by atoms with Crippen LogP contribution in [0.25, 0.3) is 43.6 Å². The Morgan fingerprint density at radius 3 is 1.33 bits per heavy atom. The molecule has 0 radical (unpaired) electrons. The highest BCUT2D eigenvalue weighted by Gasteiger charge is 2.25. The van der Waals surface area contributed by atoms with Crippen molar-refractivity contribution in [2.45, 2.75) is 50.4 Å². The molecule has 2 saturated heterocycles. The van der Waals surface area contributed by atoms with Crippen molar-refractivity contribution in [1.82, 2.24) is 29.2 Å². The molecule has 0 bridgehead atoms. The molecule has 0 saturated carbocycles. The number of nitrogens with one attached hydrogen (secondary N) is 2. The van der Waals surface area contributed by atoms with Crippen LogP contribution in [0.2, 0.25) is 0 Å². The number of para-hydroxylation sites is 4. The van der Waals surface area contributed by atoms with Gasteiger partial charge in [0.15, 0.2) is 0 Å². The maximum Gasteiger partial charge on any atom is 0.356 e. The lowest BCUT2D eigenvalue weighted by atomic mass is 9.89. The summed E-state index contributed by atoms with van der Waals surface area (Å²) in [4.78, 5) is 75.7. The first-order valence-corrected chi connectivity index (χ1v) is 22.3. The Kier molecular flexibility index (Phi) is 11.5. The van der Waals surface area contributed by atoms with Crippen molar-refractivity contribution in [2.24, 2.45) is 0 Å². The summed E-state index contributed by atoms with van der Waals surface area (Å²) in [5.41, 5.74) is 6.75. The third-order valence-electron chi connectivity index (χ3n) is 13.3. The van der Waals surface area contributed by atoms with Crippen molar-refractivity contribution in [2.75, 3.05) is 39.3 Å². The number of piperidine rings is 2. The maximum absolute atomic E-state index is 13.4. The van der Waals surface area contributed by atoms with Crippen molar-refractivity contribution < 1.29 is 19.3 Å². The molecule has 0 atom stereocenters. The average molecular weight is 855 g/mol. The van der Waals surface area contributed by atoms with Crippen LogP contribution in [0, 0.1) is 0 Å². The molecule has 10 rings (SSSR count). The minimum absolute atomic E-state index is 0.445. The number of hydrogen-bond donors (Lipinski definition) is 2. The van der Waals surface area contributed by atoms with Gasteiger partial charge in [-0.1, -0.05) is 72.8 Å². The Bertz CT molecular complexity index is 2950. The van der Waals surface area contributed by atoms with E-state index in [0.717, 1.165) is 108 Å². The molecular formula is C52H50N6O6. The van der Waals surface area contributed by atoms with Gasteiger partial charge in [-0.15, -0.1) is 9.46 Å². The van der Waals surface area contributed by atoms with E-state index in [4.69, 9.17) is 9.68 Å². The number of hydrogen-bond acceptors (Lipinski definition) is 8. The molecule has 2 aliphatic rings. The van der Waals surface area contributed by atoms with Crippen LogP contribution in [0.5, 0.6) is 0 Å². The molecule has 4 aromatic heterocycles. The van der Waals surface area contributed by atoms with Gasteiger partial charge in [-0.25, -0.2) is 9.59 Å². The Hall–Kier alpha value is -7.02. The molecule has 6 heterocycles. The molecule has 0 aliphatic carbocycles. The normalized spacial score (nSPS) is 15.8. The second-order valence-electron chi connectivity index (χ2n) is 17.1. The summed E-state index contributed by atoms with van der Waals surface area (Å²) in [6.45, 7) is 5.47. The number of pyridine rings is 2. The lowest BCUT2D eigenvalue weighted by molar-refractivity contribution is -0.140. The van der Waals surface area contributed by atoms with E-state index in [0.29, 0.717) is 35.7 Å². The van der Waals surface area contributed by atoms with Gasteiger partial charge in [0.25, 0.3) is 11.1 Å². The zero-order chi connectivity index (χ0) is 43.6. The average Bonchev–Trinajstić information content (AvgIpc) is 3.97. The maximum atomic E-state index is 13.4.